The van der Waals surface area contributed by atoms with Crippen LogP contribution in [0.3, 0.4) is 0 Å². The Labute approximate surface area is 108 Å². The topological polar surface area (TPSA) is 89.3 Å². The summed E-state index contributed by atoms with van der Waals surface area (Å²) in [5.41, 5.74) is 7.60. The maximum atomic E-state index is 10.6. The van der Waals surface area contributed by atoms with Crippen LogP contribution in [-0.4, -0.2) is 16.2 Å². The van der Waals surface area contributed by atoms with Gasteiger partial charge in [-0.1, -0.05) is 11.2 Å². The van der Waals surface area contributed by atoms with E-state index >= 15 is 0 Å². The highest BCUT2D eigenvalue weighted by atomic mass is 32.2. The number of aryl methyl sites for hydroxylation is 1. The van der Waals surface area contributed by atoms with E-state index in [0.717, 1.165) is 10.5 Å². The van der Waals surface area contributed by atoms with Gasteiger partial charge >= 0.3 is 5.97 Å². The minimum atomic E-state index is -1.09. The predicted molar refractivity (Wildman–Crippen MR) is 68.6 cm³/mol. The fourth-order valence-electron chi connectivity index (χ4n) is 1.43. The smallest absolute Gasteiger partial charge is 0.358 e. The van der Waals surface area contributed by atoms with Gasteiger partial charge in [-0.3, -0.25) is 0 Å². The normalized spacial score (nSPS) is 10.5. The summed E-state index contributed by atoms with van der Waals surface area (Å²) >= 11 is 1.48. The summed E-state index contributed by atoms with van der Waals surface area (Å²) in [5.74, 6) is -0.0877. The van der Waals surface area contributed by atoms with Crippen molar-refractivity contribution in [1.82, 2.24) is 5.16 Å². The van der Waals surface area contributed by atoms with Crippen LogP contribution in [0.2, 0.25) is 0 Å². The summed E-state index contributed by atoms with van der Waals surface area (Å²) in [4.78, 5) is 11.6. The number of aromatic carboxylic acids is 1. The number of nitrogens with zero attached hydrogens (tertiary/aromatic N) is 1. The molecule has 2 aromatic rings. The van der Waals surface area contributed by atoms with Crippen molar-refractivity contribution < 1.29 is 14.4 Å². The number of nitrogens with two attached hydrogens (primary N) is 1. The fraction of sp³-hybridized carbons (Fsp3) is 0.167. The molecule has 5 nitrogen and oxygen atoms in total. The van der Waals surface area contributed by atoms with Crippen LogP contribution >= 0.6 is 11.8 Å². The zero-order valence-electron chi connectivity index (χ0n) is 9.71. The van der Waals surface area contributed by atoms with E-state index in [1.165, 1.54) is 17.8 Å². The molecule has 6 heteroatoms. The molecule has 1 heterocycles. The molecule has 0 aliphatic heterocycles. The van der Waals surface area contributed by atoms with Gasteiger partial charge in [-0.2, -0.15) is 0 Å². The van der Waals surface area contributed by atoms with Crippen molar-refractivity contribution in [1.29, 1.82) is 0 Å². The Morgan fingerprint density at radius 3 is 2.89 bits per heavy atom. The van der Waals surface area contributed by atoms with Gasteiger partial charge in [-0.15, -0.1) is 11.8 Å². The van der Waals surface area contributed by atoms with Gasteiger partial charge in [0, 0.05) is 16.6 Å². The van der Waals surface area contributed by atoms with E-state index in [1.807, 2.05) is 25.1 Å². The second kappa shape index (κ2) is 5.14. The van der Waals surface area contributed by atoms with E-state index in [-0.39, 0.29) is 5.69 Å². The Morgan fingerprint density at radius 1 is 1.50 bits per heavy atom. The Bertz CT molecular complexity index is 580. The summed E-state index contributed by atoms with van der Waals surface area (Å²) in [6.07, 6.45) is 0. The number of benzene rings is 1. The molecule has 0 radical (unpaired) electrons. The molecule has 18 heavy (non-hydrogen) atoms. The van der Waals surface area contributed by atoms with E-state index < -0.39 is 5.97 Å². The Morgan fingerprint density at radius 2 is 2.28 bits per heavy atom. The number of carbonyl (C=O) groups is 1. The predicted octanol–water partition coefficient (Wildman–Crippen LogP) is 2.56. The molecule has 1 aromatic heterocycles. The number of nitrogen functional groups attached to an aromatic ring is 1. The first-order chi connectivity index (χ1) is 8.56. The van der Waals surface area contributed by atoms with Crippen LogP contribution in [0.5, 0.6) is 0 Å². The number of carboxylic acid groups (broad SMARTS) is 1. The van der Waals surface area contributed by atoms with Crippen LogP contribution in [-0.2, 0) is 5.75 Å². The third-order valence-electron chi connectivity index (χ3n) is 2.31. The maximum Gasteiger partial charge on any atom is 0.358 e. The van der Waals surface area contributed by atoms with E-state index in [4.69, 9.17) is 15.4 Å². The minimum absolute atomic E-state index is 0.0810. The lowest BCUT2D eigenvalue weighted by Gasteiger charge is -2.04. The van der Waals surface area contributed by atoms with E-state index in [2.05, 4.69) is 5.16 Å². The average Bonchev–Trinajstić information content (AvgIpc) is 2.76. The first kappa shape index (κ1) is 12.5. The standard InChI is InChI=1S/C12H12N2O3S/c1-7-2-3-11(9(13)4-7)18-6-8-5-10(12(15)16)14-17-8/h2-5H,6,13H2,1H3,(H,15,16). The lowest BCUT2D eigenvalue weighted by molar-refractivity contribution is 0.0685. The number of anilines is 1. The second-order valence-electron chi connectivity index (χ2n) is 3.81. The number of rotatable bonds is 4. The van der Waals surface area contributed by atoms with Gasteiger partial charge in [-0.05, 0) is 24.6 Å². The number of hydrogen-bond acceptors (Lipinski definition) is 5. The molecule has 0 saturated heterocycles. The molecule has 0 amide bonds. The van der Waals surface area contributed by atoms with Crippen molar-refractivity contribution >= 4 is 23.4 Å². The molecule has 0 fully saturated rings. The summed E-state index contributed by atoms with van der Waals surface area (Å²) < 4.78 is 4.92. The molecular formula is C12H12N2O3S. The molecule has 0 aliphatic carbocycles. The van der Waals surface area contributed by atoms with Crippen LogP contribution in [0, 0.1) is 6.92 Å². The highest BCUT2D eigenvalue weighted by Gasteiger charge is 2.11. The van der Waals surface area contributed by atoms with Gasteiger partial charge < -0.3 is 15.4 Å². The fourth-order valence-corrected chi connectivity index (χ4v) is 2.25. The van der Waals surface area contributed by atoms with E-state index in [1.54, 1.807) is 0 Å². The first-order valence-electron chi connectivity index (χ1n) is 5.24. The van der Waals surface area contributed by atoms with Gasteiger partial charge in [0.05, 0.1) is 5.75 Å². The Balaban J connectivity index is 2.04. The molecular weight excluding hydrogens is 252 g/mol. The van der Waals surface area contributed by atoms with Crippen molar-refractivity contribution in [2.75, 3.05) is 5.73 Å². The van der Waals surface area contributed by atoms with Gasteiger partial charge in [0.25, 0.3) is 0 Å². The monoisotopic (exact) mass is 264 g/mol. The molecule has 0 aliphatic rings. The van der Waals surface area contributed by atoms with Crippen molar-refractivity contribution in [2.45, 2.75) is 17.6 Å². The molecule has 0 atom stereocenters. The quantitative estimate of drug-likeness (QED) is 0.651. The van der Waals surface area contributed by atoms with Crippen LogP contribution < -0.4 is 5.73 Å². The molecule has 0 spiro atoms. The first-order valence-corrected chi connectivity index (χ1v) is 6.22. The molecule has 0 bridgehead atoms. The SMILES string of the molecule is Cc1ccc(SCc2cc(C(=O)O)no2)c(N)c1. The second-order valence-corrected chi connectivity index (χ2v) is 4.83. The lowest BCUT2D eigenvalue weighted by Crippen LogP contribution is -1.94. The summed E-state index contributed by atoms with van der Waals surface area (Å²) in [6, 6.07) is 7.22. The largest absolute Gasteiger partial charge is 0.476 e. The lowest BCUT2D eigenvalue weighted by atomic mass is 10.2. The molecule has 0 unspecified atom stereocenters. The van der Waals surface area contributed by atoms with Gasteiger partial charge in [0.2, 0.25) is 0 Å². The highest BCUT2D eigenvalue weighted by Crippen LogP contribution is 2.28. The molecule has 1 aromatic carbocycles. The number of hydrogen-bond donors (Lipinski definition) is 2. The summed E-state index contributed by atoms with van der Waals surface area (Å²) in [7, 11) is 0. The van der Waals surface area contributed by atoms with Gasteiger partial charge in [0.15, 0.2) is 5.69 Å². The average molecular weight is 264 g/mol. The zero-order chi connectivity index (χ0) is 13.1. The van der Waals surface area contributed by atoms with Crippen molar-refractivity contribution in [3.05, 3.63) is 41.3 Å². The Kier molecular flexibility index (Phi) is 3.57. The maximum absolute atomic E-state index is 10.6. The van der Waals surface area contributed by atoms with Crippen LogP contribution in [0.15, 0.2) is 33.7 Å². The Hall–Kier alpha value is -1.95. The molecule has 2 rings (SSSR count). The molecule has 0 saturated carbocycles. The third kappa shape index (κ3) is 2.84. The third-order valence-corrected chi connectivity index (χ3v) is 3.42. The number of thioether (sulfide) groups is 1. The van der Waals surface area contributed by atoms with Crippen LogP contribution in [0.4, 0.5) is 5.69 Å². The van der Waals surface area contributed by atoms with E-state index in [0.29, 0.717) is 17.2 Å². The summed E-state index contributed by atoms with van der Waals surface area (Å²) in [5, 5.41) is 12.2. The zero-order valence-corrected chi connectivity index (χ0v) is 10.5. The van der Waals surface area contributed by atoms with E-state index in [9.17, 15) is 4.79 Å². The highest BCUT2D eigenvalue weighted by molar-refractivity contribution is 7.98. The van der Waals surface area contributed by atoms with Gasteiger partial charge in [0.1, 0.15) is 5.76 Å². The number of carboxylic acids is 1. The van der Waals surface area contributed by atoms with Gasteiger partial charge in [-0.25, -0.2) is 4.79 Å². The molecule has 3 N–H and O–H groups in total. The van der Waals surface area contributed by atoms with Crippen molar-refractivity contribution in [2.24, 2.45) is 0 Å². The minimum Gasteiger partial charge on any atom is -0.476 e. The number of aromatic nitrogens is 1. The van der Waals surface area contributed by atoms with Crippen molar-refractivity contribution in [3.8, 4) is 0 Å². The van der Waals surface area contributed by atoms with Crippen LogP contribution in [0.25, 0.3) is 0 Å². The van der Waals surface area contributed by atoms with Crippen LogP contribution in [0.1, 0.15) is 21.8 Å². The summed E-state index contributed by atoms with van der Waals surface area (Å²) in [6.45, 7) is 1.97. The molecule has 94 valence electrons. The van der Waals surface area contributed by atoms with Crippen molar-refractivity contribution in [3.63, 3.8) is 0 Å².